The molecule has 0 radical (unpaired) electrons. The van der Waals surface area contributed by atoms with Crippen molar-refractivity contribution in [2.45, 2.75) is 13.5 Å². The van der Waals surface area contributed by atoms with Crippen LogP contribution in [0.5, 0.6) is 11.5 Å². The Hall–Kier alpha value is -2.03. The van der Waals surface area contributed by atoms with Crippen LogP contribution in [0.1, 0.15) is 12.5 Å². The van der Waals surface area contributed by atoms with E-state index in [-0.39, 0.29) is 5.97 Å². The first-order chi connectivity index (χ1) is 7.75. The molecule has 0 fully saturated rings. The second-order valence-electron chi connectivity index (χ2n) is 3.78. The van der Waals surface area contributed by atoms with Crippen molar-refractivity contribution in [1.82, 2.24) is 0 Å². The predicted octanol–water partition coefficient (Wildman–Crippen LogP) is 2.66. The van der Waals surface area contributed by atoms with E-state index in [0.717, 1.165) is 22.1 Å². The molecule has 0 saturated heterocycles. The summed E-state index contributed by atoms with van der Waals surface area (Å²) in [5, 5.41) is 1.99. The van der Waals surface area contributed by atoms with Crippen molar-refractivity contribution in [3.8, 4) is 11.5 Å². The van der Waals surface area contributed by atoms with Crippen molar-refractivity contribution < 1.29 is 14.3 Å². The van der Waals surface area contributed by atoms with Gasteiger partial charge in [-0.25, -0.2) is 0 Å². The highest BCUT2D eigenvalue weighted by molar-refractivity contribution is 5.97. The van der Waals surface area contributed by atoms with Gasteiger partial charge in [-0.05, 0) is 12.1 Å². The fourth-order valence-corrected chi connectivity index (χ4v) is 2.06. The first-order valence-electron chi connectivity index (χ1n) is 5.11. The summed E-state index contributed by atoms with van der Waals surface area (Å²) < 4.78 is 10.7. The van der Waals surface area contributed by atoms with Gasteiger partial charge in [-0.2, -0.15) is 0 Å². The molecule has 0 amide bonds. The van der Waals surface area contributed by atoms with E-state index >= 15 is 0 Å². The van der Waals surface area contributed by atoms with Crippen molar-refractivity contribution in [3.05, 3.63) is 35.9 Å². The van der Waals surface area contributed by atoms with E-state index in [1.54, 1.807) is 0 Å². The second-order valence-corrected chi connectivity index (χ2v) is 3.78. The quantitative estimate of drug-likeness (QED) is 0.540. The van der Waals surface area contributed by atoms with Gasteiger partial charge in [0.15, 0.2) is 0 Å². The number of carbonyl (C=O) groups is 1. The summed E-state index contributed by atoms with van der Waals surface area (Å²) in [4.78, 5) is 11.0. The Morgan fingerprint density at radius 1 is 1.31 bits per heavy atom. The lowest BCUT2D eigenvalue weighted by Gasteiger charge is -2.06. The van der Waals surface area contributed by atoms with Crippen LogP contribution in [0, 0.1) is 0 Å². The number of hydrogen-bond acceptors (Lipinski definition) is 3. The third-order valence-corrected chi connectivity index (χ3v) is 2.69. The van der Waals surface area contributed by atoms with Crippen molar-refractivity contribution in [2.75, 3.05) is 0 Å². The number of benzene rings is 2. The van der Waals surface area contributed by atoms with Crippen LogP contribution in [-0.2, 0) is 11.4 Å². The Morgan fingerprint density at radius 3 is 3.00 bits per heavy atom. The molecule has 1 aliphatic heterocycles. The van der Waals surface area contributed by atoms with Gasteiger partial charge in [0.1, 0.15) is 18.1 Å². The molecule has 2 aromatic rings. The molecular formula is C13H10O3. The Bertz CT molecular complexity index is 577. The molecule has 3 heteroatoms. The zero-order valence-electron chi connectivity index (χ0n) is 8.82. The van der Waals surface area contributed by atoms with E-state index in [0.29, 0.717) is 12.4 Å². The molecule has 0 atom stereocenters. The second kappa shape index (κ2) is 3.23. The molecule has 0 unspecified atom stereocenters. The van der Waals surface area contributed by atoms with Crippen molar-refractivity contribution >= 4 is 16.7 Å². The maximum absolute atomic E-state index is 11.0. The summed E-state index contributed by atoms with van der Waals surface area (Å²) in [6.07, 6.45) is 0. The van der Waals surface area contributed by atoms with Gasteiger partial charge in [0, 0.05) is 23.3 Å². The summed E-state index contributed by atoms with van der Waals surface area (Å²) in [5.74, 6) is 1.15. The van der Waals surface area contributed by atoms with E-state index in [9.17, 15) is 4.79 Å². The van der Waals surface area contributed by atoms with Gasteiger partial charge in [-0.3, -0.25) is 4.79 Å². The van der Waals surface area contributed by atoms with Crippen LogP contribution in [0.15, 0.2) is 30.3 Å². The zero-order valence-corrected chi connectivity index (χ0v) is 8.82. The molecule has 1 heterocycles. The van der Waals surface area contributed by atoms with Crippen molar-refractivity contribution in [2.24, 2.45) is 0 Å². The largest absolute Gasteiger partial charge is 0.488 e. The number of carbonyl (C=O) groups excluding carboxylic acids is 1. The molecule has 0 N–H and O–H groups in total. The Morgan fingerprint density at radius 2 is 2.19 bits per heavy atom. The Labute approximate surface area is 92.6 Å². The maximum Gasteiger partial charge on any atom is 0.308 e. The van der Waals surface area contributed by atoms with Crippen LogP contribution in [0.2, 0.25) is 0 Å². The van der Waals surface area contributed by atoms with Crippen LogP contribution in [0.4, 0.5) is 0 Å². The summed E-state index contributed by atoms with van der Waals surface area (Å²) in [6.45, 7) is 2.00. The average Bonchev–Trinajstić information content (AvgIpc) is 2.67. The summed E-state index contributed by atoms with van der Waals surface area (Å²) in [6, 6.07) is 9.53. The van der Waals surface area contributed by atoms with Gasteiger partial charge < -0.3 is 9.47 Å². The third-order valence-electron chi connectivity index (χ3n) is 2.69. The van der Waals surface area contributed by atoms with E-state index < -0.39 is 0 Å². The molecule has 0 spiro atoms. The third kappa shape index (κ3) is 1.25. The number of esters is 1. The Balaban J connectivity index is 2.29. The number of rotatable bonds is 1. The molecule has 80 valence electrons. The van der Waals surface area contributed by atoms with Crippen LogP contribution in [-0.4, -0.2) is 5.97 Å². The minimum absolute atomic E-state index is 0.306. The van der Waals surface area contributed by atoms with Gasteiger partial charge in [0.25, 0.3) is 0 Å². The SMILES string of the molecule is CC(=O)Oc1ccc2c3c(cccc13)OC2. The highest BCUT2D eigenvalue weighted by Gasteiger charge is 2.17. The molecule has 3 rings (SSSR count). The molecule has 1 aliphatic rings. The van der Waals surface area contributed by atoms with Crippen molar-refractivity contribution in [1.29, 1.82) is 0 Å². The maximum atomic E-state index is 11.0. The lowest BCUT2D eigenvalue weighted by atomic mass is 10.0. The van der Waals surface area contributed by atoms with Crippen LogP contribution < -0.4 is 9.47 Å². The lowest BCUT2D eigenvalue weighted by Crippen LogP contribution is -2.01. The average molecular weight is 214 g/mol. The first-order valence-corrected chi connectivity index (χ1v) is 5.11. The van der Waals surface area contributed by atoms with Gasteiger partial charge >= 0.3 is 5.97 Å². The topological polar surface area (TPSA) is 35.5 Å². The minimum Gasteiger partial charge on any atom is -0.488 e. The smallest absolute Gasteiger partial charge is 0.308 e. The van der Waals surface area contributed by atoms with Gasteiger partial charge in [0.05, 0.1) is 0 Å². The molecule has 3 nitrogen and oxygen atoms in total. The van der Waals surface area contributed by atoms with Crippen molar-refractivity contribution in [3.63, 3.8) is 0 Å². The van der Waals surface area contributed by atoms with Crippen LogP contribution >= 0.6 is 0 Å². The fourth-order valence-electron chi connectivity index (χ4n) is 2.06. The first kappa shape index (κ1) is 9.21. The van der Waals surface area contributed by atoms with E-state index in [1.807, 2.05) is 30.3 Å². The van der Waals surface area contributed by atoms with E-state index in [2.05, 4.69) is 0 Å². The summed E-state index contributed by atoms with van der Waals surface area (Å²) >= 11 is 0. The zero-order chi connectivity index (χ0) is 11.1. The molecule has 2 aromatic carbocycles. The molecule has 0 saturated carbocycles. The highest BCUT2D eigenvalue weighted by atomic mass is 16.5. The standard InChI is InChI=1S/C13H10O3/c1-8(14)16-11-6-5-9-7-15-12-4-2-3-10(11)13(9)12/h2-6H,7H2,1H3. The van der Waals surface area contributed by atoms with Gasteiger partial charge in [-0.1, -0.05) is 18.2 Å². The summed E-state index contributed by atoms with van der Waals surface area (Å²) in [7, 11) is 0. The fraction of sp³-hybridized carbons (Fsp3) is 0.154. The monoisotopic (exact) mass is 214 g/mol. The minimum atomic E-state index is -0.306. The van der Waals surface area contributed by atoms with E-state index in [1.165, 1.54) is 6.92 Å². The van der Waals surface area contributed by atoms with Crippen LogP contribution in [0.3, 0.4) is 0 Å². The molecule has 0 aliphatic carbocycles. The normalized spacial score (nSPS) is 12.6. The molecule has 0 aromatic heterocycles. The van der Waals surface area contributed by atoms with E-state index in [4.69, 9.17) is 9.47 Å². The molecule has 0 bridgehead atoms. The summed E-state index contributed by atoms with van der Waals surface area (Å²) in [5.41, 5.74) is 1.14. The van der Waals surface area contributed by atoms with Gasteiger partial charge in [-0.15, -0.1) is 0 Å². The van der Waals surface area contributed by atoms with Gasteiger partial charge in [0.2, 0.25) is 0 Å². The predicted molar refractivity (Wildman–Crippen MR) is 59.6 cm³/mol. The number of ether oxygens (including phenoxy) is 2. The molecular weight excluding hydrogens is 204 g/mol. The lowest BCUT2D eigenvalue weighted by molar-refractivity contribution is -0.131. The Kier molecular flexibility index (Phi) is 1.86. The highest BCUT2D eigenvalue weighted by Crippen LogP contribution is 2.39. The number of hydrogen-bond donors (Lipinski definition) is 0. The van der Waals surface area contributed by atoms with Crippen LogP contribution in [0.25, 0.3) is 10.8 Å². The molecule has 16 heavy (non-hydrogen) atoms.